The molecule has 0 aromatic heterocycles. The minimum Gasteiger partial charge on any atom is -0.389 e. The number of hydrogen-bond acceptors (Lipinski definition) is 3. The Morgan fingerprint density at radius 1 is 1.59 bits per heavy atom. The topological polar surface area (TPSA) is 38.0 Å². The van der Waals surface area contributed by atoms with Crippen LogP contribution in [-0.4, -0.2) is 23.0 Å². The molecule has 1 unspecified atom stereocenters. The highest BCUT2D eigenvalue weighted by atomic mass is 35.5. The zero-order chi connectivity index (χ0) is 12.3. The van der Waals surface area contributed by atoms with Gasteiger partial charge in [-0.3, -0.25) is 0 Å². The molecule has 0 amide bonds. The van der Waals surface area contributed by atoms with E-state index in [2.05, 4.69) is 5.32 Å². The zero-order valence-corrected chi connectivity index (χ0v) is 11.8. The van der Waals surface area contributed by atoms with Gasteiger partial charge in [0, 0.05) is 17.8 Å². The van der Waals surface area contributed by atoms with Crippen molar-refractivity contribution in [3.05, 3.63) is 28.8 Å². The van der Waals surface area contributed by atoms with Crippen molar-refractivity contribution in [3.63, 3.8) is 0 Å². The van der Waals surface area contributed by atoms with Crippen molar-refractivity contribution in [2.45, 2.75) is 6.42 Å². The van der Waals surface area contributed by atoms with Gasteiger partial charge >= 0.3 is 0 Å². The van der Waals surface area contributed by atoms with E-state index in [-0.39, 0.29) is 0 Å². The van der Waals surface area contributed by atoms with E-state index in [0.717, 1.165) is 23.7 Å². The Kier molecular flexibility index (Phi) is 4.54. The predicted octanol–water partition coefficient (Wildman–Crippen LogP) is 3.14. The fourth-order valence-electron chi connectivity index (χ4n) is 1.83. The highest BCUT2D eigenvalue weighted by Crippen LogP contribution is 2.25. The summed E-state index contributed by atoms with van der Waals surface area (Å²) >= 11 is 13.1. The maximum Gasteiger partial charge on any atom is 0.105 e. The van der Waals surface area contributed by atoms with Crippen LogP contribution in [0.2, 0.25) is 5.02 Å². The van der Waals surface area contributed by atoms with Gasteiger partial charge in [-0.05, 0) is 42.0 Å². The number of anilines is 1. The van der Waals surface area contributed by atoms with Crippen LogP contribution in [0.3, 0.4) is 0 Å². The fraction of sp³-hybridized carbons (Fsp3) is 0.417. The third kappa shape index (κ3) is 3.50. The molecule has 1 fully saturated rings. The number of rotatable bonds is 4. The molecule has 0 saturated carbocycles. The van der Waals surface area contributed by atoms with Gasteiger partial charge in [-0.25, -0.2) is 0 Å². The lowest BCUT2D eigenvalue weighted by atomic mass is 10.1. The van der Waals surface area contributed by atoms with Crippen LogP contribution < -0.4 is 11.1 Å². The van der Waals surface area contributed by atoms with Crippen molar-refractivity contribution in [2.75, 3.05) is 23.4 Å². The molecule has 1 aliphatic rings. The van der Waals surface area contributed by atoms with E-state index in [9.17, 15) is 0 Å². The number of nitrogens with two attached hydrogens (primary N) is 1. The van der Waals surface area contributed by atoms with Gasteiger partial charge in [0.1, 0.15) is 4.99 Å². The van der Waals surface area contributed by atoms with Gasteiger partial charge in [0.05, 0.1) is 5.02 Å². The Balaban J connectivity index is 1.97. The molecule has 0 bridgehead atoms. The van der Waals surface area contributed by atoms with E-state index >= 15 is 0 Å². The summed E-state index contributed by atoms with van der Waals surface area (Å²) in [5.41, 5.74) is 7.34. The van der Waals surface area contributed by atoms with Crippen molar-refractivity contribution >= 4 is 46.3 Å². The van der Waals surface area contributed by atoms with Crippen LogP contribution in [0.4, 0.5) is 5.69 Å². The summed E-state index contributed by atoms with van der Waals surface area (Å²) in [7, 11) is 0. The highest BCUT2D eigenvalue weighted by Gasteiger charge is 2.15. The third-order valence-electron chi connectivity index (χ3n) is 2.85. The monoisotopic (exact) mass is 286 g/mol. The molecule has 5 heteroatoms. The lowest BCUT2D eigenvalue weighted by Crippen LogP contribution is -2.14. The predicted molar refractivity (Wildman–Crippen MR) is 81.3 cm³/mol. The minimum atomic E-state index is 0.341. The average Bonchev–Trinajstić information content (AvgIpc) is 2.78. The molecule has 1 atom stereocenters. The number of halogens is 1. The lowest BCUT2D eigenvalue weighted by molar-refractivity contribution is 0.632. The van der Waals surface area contributed by atoms with Crippen LogP contribution in [0.5, 0.6) is 0 Å². The smallest absolute Gasteiger partial charge is 0.105 e. The van der Waals surface area contributed by atoms with Crippen LogP contribution in [0.1, 0.15) is 12.0 Å². The normalized spacial score (nSPS) is 19.2. The summed E-state index contributed by atoms with van der Waals surface area (Å²) in [5.74, 6) is 3.31. The first-order valence-electron chi connectivity index (χ1n) is 5.58. The van der Waals surface area contributed by atoms with E-state index in [1.54, 1.807) is 0 Å². The van der Waals surface area contributed by atoms with Gasteiger partial charge in [-0.1, -0.05) is 23.8 Å². The van der Waals surface area contributed by atoms with E-state index < -0.39 is 0 Å². The summed E-state index contributed by atoms with van der Waals surface area (Å²) in [5, 5.41) is 4.03. The molecule has 17 heavy (non-hydrogen) atoms. The van der Waals surface area contributed by atoms with Gasteiger partial charge in [-0.15, -0.1) is 0 Å². The third-order valence-corrected chi connectivity index (χ3v) is 4.62. The van der Waals surface area contributed by atoms with Gasteiger partial charge in [0.2, 0.25) is 0 Å². The lowest BCUT2D eigenvalue weighted by Gasteiger charge is -2.12. The molecule has 92 valence electrons. The molecular formula is C12H15ClN2S2. The highest BCUT2D eigenvalue weighted by molar-refractivity contribution is 7.99. The average molecular weight is 287 g/mol. The van der Waals surface area contributed by atoms with Gasteiger partial charge < -0.3 is 11.1 Å². The molecule has 1 heterocycles. The molecule has 1 aliphatic heterocycles. The number of thioether (sulfide) groups is 1. The quantitative estimate of drug-likeness (QED) is 0.834. The molecule has 3 N–H and O–H groups in total. The van der Waals surface area contributed by atoms with Gasteiger partial charge in [0.15, 0.2) is 0 Å². The SMILES string of the molecule is NC(=S)c1ccc(NCC2CCSC2)cc1Cl. The van der Waals surface area contributed by atoms with Gasteiger partial charge in [-0.2, -0.15) is 11.8 Å². The molecule has 0 aliphatic carbocycles. The van der Waals surface area contributed by atoms with Crippen LogP contribution in [0.15, 0.2) is 18.2 Å². The first-order chi connectivity index (χ1) is 8.16. The molecule has 0 spiro atoms. The number of hydrogen-bond donors (Lipinski definition) is 2. The molecule has 1 saturated heterocycles. The molecule has 2 rings (SSSR count). The van der Waals surface area contributed by atoms with Gasteiger partial charge in [0.25, 0.3) is 0 Å². The van der Waals surface area contributed by atoms with E-state index in [1.165, 1.54) is 17.9 Å². The summed E-state index contributed by atoms with van der Waals surface area (Å²) in [6.45, 7) is 1.01. The number of nitrogens with one attached hydrogen (secondary N) is 1. The Hall–Kier alpha value is -0.450. The van der Waals surface area contributed by atoms with E-state index in [4.69, 9.17) is 29.6 Å². The van der Waals surface area contributed by atoms with Crippen molar-refractivity contribution in [1.82, 2.24) is 0 Å². The van der Waals surface area contributed by atoms with Crippen molar-refractivity contribution in [3.8, 4) is 0 Å². The van der Waals surface area contributed by atoms with Crippen LogP contribution in [-0.2, 0) is 0 Å². The molecular weight excluding hydrogens is 272 g/mol. The number of benzene rings is 1. The fourth-order valence-corrected chi connectivity index (χ4v) is 3.63. The second-order valence-electron chi connectivity index (χ2n) is 4.17. The van der Waals surface area contributed by atoms with Crippen LogP contribution in [0, 0.1) is 5.92 Å². The molecule has 2 nitrogen and oxygen atoms in total. The zero-order valence-electron chi connectivity index (χ0n) is 9.41. The summed E-state index contributed by atoms with van der Waals surface area (Å²) in [4.78, 5) is 0.341. The Labute approximate surface area is 116 Å². The summed E-state index contributed by atoms with van der Waals surface area (Å²) < 4.78 is 0. The Bertz CT molecular complexity index is 417. The van der Waals surface area contributed by atoms with Crippen LogP contribution >= 0.6 is 35.6 Å². The minimum absolute atomic E-state index is 0.341. The first kappa shape index (κ1) is 13.0. The maximum atomic E-state index is 6.11. The summed E-state index contributed by atoms with van der Waals surface area (Å²) in [6.07, 6.45) is 1.30. The van der Waals surface area contributed by atoms with Crippen molar-refractivity contribution < 1.29 is 0 Å². The standard InChI is InChI=1S/C12H15ClN2S2/c13-11-5-9(1-2-10(11)12(14)16)15-6-8-3-4-17-7-8/h1-2,5,8,15H,3-4,6-7H2,(H2,14,16). The van der Waals surface area contributed by atoms with Crippen LogP contribution in [0.25, 0.3) is 0 Å². The van der Waals surface area contributed by atoms with E-state index in [0.29, 0.717) is 10.0 Å². The van der Waals surface area contributed by atoms with Crippen molar-refractivity contribution in [1.29, 1.82) is 0 Å². The van der Waals surface area contributed by atoms with Crippen molar-refractivity contribution in [2.24, 2.45) is 11.7 Å². The Morgan fingerprint density at radius 2 is 2.41 bits per heavy atom. The number of thiocarbonyl (C=S) groups is 1. The second kappa shape index (κ2) is 5.94. The summed E-state index contributed by atoms with van der Waals surface area (Å²) in [6, 6.07) is 5.73. The molecule has 1 aromatic rings. The molecule has 1 aromatic carbocycles. The second-order valence-corrected chi connectivity index (χ2v) is 6.17. The Morgan fingerprint density at radius 3 is 3.00 bits per heavy atom. The van der Waals surface area contributed by atoms with E-state index in [1.807, 2.05) is 30.0 Å². The largest absolute Gasteiger partial charge is 0.389 e. The maximum absolute atomic E-state index is 6.11. The molecule has 0 radical (unpaired) electrons. The first-order valence-corrected chi connectivity index (χ1v) is 7.52.